The minimum atomic E-state index is -3.81. The second kappa shape index (κ2) is 7.72. The molecule has 0 saturated heterocycles. The van der Waals surface area contributed by atoms with Gasteiger partial charge in [-0.1, -0.05) is 69.6 Å². The van der Waals surface area contributed by atoms with E-state index in [2.05, 4.69) is 11.8 Å². The zero-order valence-electron chi connectivity index (χ0n) is 15.1. The van der Waals surface area contributed by atoms with Crippen molar-refractivity contribution >= 4 is 10.1 Å². The Morgan fingerprint density at radius 2 is 1.67 bits per heavy atom. The predicted molar refractivity (Wildman–Crippen MR) is 97.0 cm³/mol. The number of hydrogen-bond donors (Lipinski definition) is 0. The van der Waals surface area contributed by atoms with E-state index >= 15 is 0 Å². The van der Waals surface area contributed by atoms with Gasteiger partial charge in [0.1, 0.15) is 6.10 Å². The van der Waals surface area contributed by atoms with Crippen LogP contribution in [0.2, 0.25) is 0 Å². The first kappa shape index (κ1) is 19.0. The van der Waals surface area contributed by atoms with E-state index < -0.39 is 16.2 Å². The van der Waals surface area contributed by atoms with Gasteiger partial charge in [-0.3, -0.25) is 0 Å². The highest BCUT2D eigenvalue weighted by Crippen LogP contribution is 2.27. The van der Waals surface area contributed by atoms with Crippen molar-refractivity contribution < 1.29 is 12.6 Å². The molecular formula is C20H28O3S. The molecule has 24 heavy (non-hydrogen) atoms. The minimum Gasteiger partial charge on any atom is -0.249 e. The average molecular weight is 349 g/mol. The first-order valence-electron chi connectivity index (χ1n) is 8.69. The van der Waals surface area contributed by atoms with Gasteiger partial charge in [-0.05, 0) is 31.9 Å². The molecule has 0 bridgehead atoms. The molecule has 0 aromatic heterocycles. The molecule has 1 aromatic rings. The Bertz CT molecular complexity index is 694. The molecule has 3 nitrogen and oxygen atoms in total. The summed E-state index contributed by atoms with van der Waals surface area (Å²) in [4.78, 5) is 0.182. The summed E-state index contributed by atoms with van der Waals surface area (Å²) in [6.45, 7) is 7.79. The Morgan fingerprint density at radius 1 is 1.08 bits per heavy atom. The molecule has 4 heteroatoms. The Hall–Kier alpha value is -1.31. The van der Waals surface area contributed by atoms with Crippen molar-refractivity contribution in [1.82, 2.24) is 0 Å². The lowest BCUT2D eigenvalue weighted by Crippen LogP contribution is -2.30. The van der Waals surface area contributed by atoms with Crippen molar-refractivity contribution in [3.63, 3.8) is 0 Å². The Morgan fingerprint density at radius 3 is 2.21 bits per heavy atom. The highest BCUT2D eigenvalue weighted by atomic mass is 32.2. The molecule has 132 valence electrons. The Kier molecular flexibility index (Phi) is 6.11. The van der Waals surface area contributed by atoms with Crippen molar-refractivity contribution in [3.8, 4) is 11.8 Å². The average Bonchev–Trinajstić information content (AvgIpc) is 2.52. The van der Waals surface area contributed by atoms with Crippen LogP contribution in [0.25, 0.3) is 0 Å². The van der Waals surface area contributed by atoms with Gasteiger partial charge in [0, 0.05) is 11.3 Å². The second-order valence-corrected chi connectivity index (χ2v) is 9.31. The zero-order chi connectivity index (χ0) is 17.8. The first-order chi connectivity index (χ1) is 11.2. The van der Waals surface area contributed by atoms with Gasteiger partial charge >= 0.3 is 0 Å². The van der Waals surface area contributed by atoms with Crippen LogP contribution in [0.4, 0.5) is 0 Å². The number of hydrogen-bond acceptors (Lipinski definition) is 3. The van der Waals surface area contributed by atoms with E-state index in [9.17, 15) is 8.42 Å². The zero-order valence-corrected chi connectivity index (χ0v) is 15.9. The van der Waals surface area contributed by atoms with Crippen molar-refractivity contribution in [2.24, 2.45) is 11.3 Å². The van der Waals surface area contributed by atoms with Crippen LogP contribution in [0.3, 0.4) is 0 Å². The lowest BCUT2D eigenvalue weighted by atomic mass is 9.87. The predicted octanol–water partition coefficient (Wildman–Crippen LogP) is 4.70. The number of aryl methyl sites for hydroxylation is 1. The van der Waals surface area contributed by atoms with E-state index in [4.69, 9.17) is 4.18 Å². The monoisotopic (exact) mass is 348 g/mol. The van der Waals surface area contributed by atoms with Gasteiger partial charge in [0.05, 0.1) is 4.90 Å². The summed E-state index contributed by atoms with van der Waals surface area (Å²) in [5, 5.41) is 0. The molecule has 1 atom stereocenters. The molecule has 2 rings (SSSR count). The highest BCUT2D eigenvalue weighted by molar-refractivity contribution is 7.86. The minimum absolute atomic E-state index is 0.182. The number of rotatable bonds is 3. The highest BCUT2D eigenvalue weighted by Gasteiger charge is 2.30. The van der Waals surface area contributed by atoms with Gasteiger partial charge in [0.25, 0.3) is 10.1 Å². The summed E-state index contributed by atoms with van der Waals surface area (Å²) in [6.07, 6.45) is 5.26. The van der Waals surface area contributed by atoms with Crippen LogP contribution in [0.1, 0.15) is 58.4 Å². The van der Waals surface area contributed by atoms with Gasteiger partial charge in [-0.2, -0.15) is 8.42 Å². The van der Waals surface area contributed by atoms with Crippen molar-refractivity contribution in [3.05, 3.63) is 29.8 Å². The molecular weight excluding hydrogens is 320 g/mol. The Balaban J connectivity index is 2.19. The van der Waals surface area contributed by atoms with E-state index in [0.717, 1.165) is 18.4 Å². The Labute approximate surface area is 146 Å². The summed E-state index contributed by atoms with van der Waals surface area (Å²) >= 11 is 0. The van der Waals surface area contributed by atoms with E-state index in [1.54, 1.807) is 24.3 Å². The van der Waals surface area contributed by atoms with E-state index in [-0.39, 0.29) is 10.3 Å². The van der Waals surface area contributed by atoms with Crippen molar-refractivity contribution in [1.29, 1.82) is 0 Å². The maximum atomic E-state index is 12.6. The first-order valence-corrected chi connectivity index (χ1v) is 10.1. The van der Waals surface area contributed by atoms with Gasteiger partial charge in [-0.25, -0.2) is 4.18 Å². The molecule has 1 unspecified atom stereocenters. The van der Waals surface area contributed by atoms with Crippen LogP contribution in [0.5, 0.6) is 0 Å². The lowest BCUT2D eigenvalue weighted by molar-refractivity contribution is 0.143. The summed E-state index contributed by atoms with van der Waals surface area (Å²) in [6, 6.07) is 6.71. The van der Waals surface area contributed by atoms with Crippen molar-refractivity contribution in [2.45, 2.75) is 70.8 Å². The van der Waals surface area contributed by atoms with Crippen LogP contribution in [-0.4, -0.2) is 14.5 Å². The van der Waals surface area contributed by atoms with Gasteiger partial charge < -0.3 is 0 Å². The summed E-state index contributed by atoms with van der Waals surface area (Å²) in [7, 11) is -3.81. The van der Waals surface area contributed by atoms with Gasteiger partial charge in [-0.15, -0.1) is 0 Å². The van der Waals surface area contributed by atoms with Crippen LogP contribution >= 0.6 is 0 Å². The third-order valence-electron chi connectivity index (χ3n) is 4.34. The maximum Gasteiger partial charge on any atom is 0.298 e. The molecule has 0 aliphatic heterocycles. The summed E-state index contributed by atoms with van der Waals surface area (Å²) in [5.41, 5.74) is 0.637. The smallest absolute Gasteiger partial charge is 0.249 e. The fraction of sp³-hybridized carbons (Fsp3) is 0.600. The molecule has 1 saturated carbocycles. The van der Waals surface area contributed by atoms with Crippen LogP contribution in [0, 0.1) is 30.1 Å². The quantitative estimate of drug-likeness (QED) is 0.587. The molecule has 0 heterocycles. The van der Waals surface area contributed by atoms with E-state index in [1.165, 1.54) is 19.3 Å². The molecule has 1 aliphatic carbocycles. The third kappa shape index (κ3) is 5.36. The molecule has 0 radical (unpaired) electrons. The normalized spacial score (nSPS) is 17.8. The number of benzene rings is 1. The van der Waals surface area contributed by atoms with Gasteiger partial charge in [0.15, 0.2) is 0 Å². The largest absolute Gasteiger partial charge is 0.298 e. The van der Waals surface area contributed by atoms with Crippen molar-refractivity contribution in [2.75, 3.05) is 0 Å². The summed E-state index contributed by atoms with van der Waals surface area (Å²) < 4.78 is 30.6. The fourth-order valence-corrected chi connectivity index (χ4v) is 3.88. The molecule has 1 aliphatic rings. The molecule has 0 amide bonds. The van der Waals surface area contributed by atoms with Crippen LogP contribution < -0.4 is 0 Å². The lowest BCUT2D eigenvalue weighted by Gasteiger charge is -2.26. The fourth-order valence-electron chi connectivity index (χ4n) is 2.71. The van der Waals surface area contributed by atoms with Crippen LogP contribution in [0.15, 0.2) is 29.2 Å². The SMILES string of the molecule is Cc1ccc(S(=O)(=O)OC(C#CC2CCCCC2)C(C)(C)C)cc1. The van der Waals surface area contributed by atoms with Gasteiger partial charge in [0.2, 0.25) is 0 Å². The molecule has 0 spiro atoms. The second-order valence-electron chi connectivity index (χ2n) is 7.73. The third-order valence-corrected chi connectivity index (χ3v) is 5.64. The topological polar surface area (TPSA) is 43.4 Å². The van der Waals surface area contributed by atoms with E-state index in [1.807, 2.05) is 27.7 Å². The summed E-state index contributed by atoms with van der Waals surface area (Å²) in [5.74, 6) is 6.76. The molecule has 1 aromatic carbocycles. The van der Waals surface area contributed by atoms with E-state index in [0.29, 0.717) is 5.92 Å². The standard InChI is InChI=1S/C20H28O3S/c1-16-10-13-18(14-11-16)24(21,22)23-19(20(2,3)4)15-12-17-8-6-5-7-9-17/h10-11,13-14,17,19H,5-9H2,1-4H3. The van der Waals surface area contributed by atoms with Crippen LogP contribution in [-0.2, 0) is 14.3 Å². The molecule has 1 fully saturated rings. The molecule has 0 N–H and O–H groups in total. The maximum absolute atomic E-state index is 12.6.